The Kier molecular flexibility index (Phi) is 5.18. The van der Waals surface area contributed by atoms with Crippen LogP contribution in [0.3, 0.4) is 0 Å². The minimum Gasteiger partial charge on any atom is -0.504 e. The summed E-state index contributed by atoms with van der Waals surface area (Å²) in [6.45, 7) is 1.62. The van der Waals surface area contributed by atoms with Crippen LogP contribution in [0.2, 0.25) is 0 Å². The minimum atomic E-state index is -0.372. The SMILES string of the molecule is COc1cc2c(cc1O)CC[N@+](C)(Cc1ccc([N+](=O)[O-])cc1)[C@H]2c1ccccc1. The lowest BCUT2D eigenvalue weighted by Crippen LogP contribution is -2.50. The van der Waals surface area contributed by atoms with E-state index in [0.717, 1.165) is 40.7 Å². The molecular formula is C24H25N2O4+. The molecule has 3 aromatic carbocycles. The highest BCUT2D eigenvalue weighted by Crippen LogP contribution is 2.44. The molecule has 0 aromatic heterocycles. The van der Waals surface area contributed by atoms with E-state index in [4.69, 9.17) is 4.74 Å². The minimum absolute atomic E-state index is 0.0552. The van der Waals surface area contributed by atoms with E-state index in [9.17, 15) is 15.2 Å². The van der Waals surface area contributed by atoms with Crippen LogP contribution in [0.1, 0.15) is 28.3 Å². The zero-order chi connectivity index (χ0) is 21.3. The van der Waals surface area contributed by atoms with Gasteiger partial charge in [-0.25, -0.2) is 0 Å². The van der Waals surface area contributed by atoms with Crippen molar-refractivity contribution < 1.29 is 19.2 Å². The molecule has 2 atom stereocenters. The Hall–Kier alpha value is -3.38. The Morgan fingerprint density at radius 2 is 1.83 bits per heavy atom. The number of likely N-dealkylation sites (N-methyl/N-ethyl adjacent to an activating group) is 1. The number of ether oxygens (including phenoxy) is 1. The second kappa shape index (κ2) is 7.80. The van der Waals surface area contributed by atoms with Crippen molar-refractivity contribution in [1.29, 1.82) is 0 Å². The predicted octanol–water partition coefficient (Wildman–Crippen LogP) is 4.60. The summed E-state index contributed by atoms with van der Waals surface area (Å²) in [5.74, 6) is 0.632. The monoisotopic (exact) mass is 405 g/mol. The molecule has 1 heterocycles. The number of nitrogens with zero attached hydrogens (tertiary/aromatic N) is 2. The number of quaternary nitrogens is 1. The third kappa shape index (κ3) is 3.62. The highest BCUT2D eigenvalue weighted by atomic mass is 16.6. The van der Waals surface area contributed by atoms with Crippen LogP contribution in [0, 0.1) is 10.1 Å². The first-order chi connectivity index (χ1) is 14.4. The summed E-state index contributed by atoms with van der Waals surface area (Å²) in [6.07, 6.45) is 0.833. The third-order valence-electron chi connectivity index (χ3n) is 6.06. The van der Waals surface area contributed by atoms with E-state index < -0.39 is 0 Å². The number of nitro benzene ring substituents is 1. The Balaban J connectivity index is 1.79. The molecule has 0 aliphatic carbocycles. The van der Waals surface area contributed by atoms with Gasteiger partial charge in [-0.2, -0.15) is 0 Å². The third-order valence-corrected chi connectivity index (χ3v) is 6.06. The topological polar surface area (TPSA) is 72.6 Å². The molecule has 3 aromatic rings. The van der Waals surface area contributed by atoms with Crippen molar-refractivity contribution in [2.24, 2.45) is 0 Å². The number of rotatable bonds is 5. The van der Waals surface area contributed by atoms with Gasteiger partial charge in [-0.3, -0.25) is 10.1 Å². The first kappa shape index (κ1) is 19.9. The number of methoxy groups -OCH3 is 1. The molecule has 1 aliphatic heterocycles. The van der Waals surface area contributed by atoms with Crippen molar-refractivity contribution in [3.8, 4) is 11.5 Å². The Morgan fingerprint density at radius 3 is 2.47 bits per heavy atom. The second-order valence-electron chi connectivity index (χ2n) is 8.07. The van der Waals surface area contributed by atoms with Crippen LogP contribution in [-0.2, 0) is 13.0 Å². The maximum absolute atomic E-state index is 11.0. The van der Waals surface area contributed by atoms with Gasteiger partial charge in [0.25, 0.3) is 5.69 Å². The number of fused-ring (bicyclic) bond motifs is 1. The number of hydrogen-bond donors (Lipinski definition) is 1. The smallest absolute Gasteiger partial charge is 0.269 e. The lowest BCUT2D eigenvalue weighted by atomic mass is 9.85. The van der Waals surface area contributed by atoms with Gasteiger partial charge in [0.1, 0.15) is 12.6 Å². The zero-order valence-electron chi connectivity index (χ0n) is 17.1. The average molecular weight is 405 g/mol. The number of aromatic hydroxyl groups is 1. The van der Waals surface area contributed by atoms with Crippen molar-refractivity contribution in [2.45, 2.75) is 19.0 Å². The summed E-state index contributed by atoms with van der Waals surface area (Å²) in [6, 6.07) is 21.0. The molecule has 6 nitrogen and oxygen atoms in total. The maximum Gasteiger partial charge on any atom is 0.269 e. The standard InChI is InChI=1S/C24H24N2O4/c1-26(16-17-8-10-20(11-9-17)25(28)29)13-12-19-14-22(27)23(30-2)15-21(19)24(26)18-6-4-3-5-7-18/h3-11,14-15,24H,12-13,16H2,1-2H3/p+1/t24-,26+/m0/s1. The zero-order valence-corrected chi connectivity index (χ0v) is 17.1. The molecule has 1 aliphatic rings. The van der Waals surface area contributed by atoms with Gasteiger partial charge in [-0.05, 0) is 29.8 Å². The lowest BCUT2D eigenvalue weighted by molar-refractivity contribution is -0.948. The van der Waals surface area contributed by atoms with Crippen LogP contribution < -0.4 is 4.74 Å². The van der Waals surface area contributed by atoms with Crippen molar-refractivity contribution in [2.75, 3.05) is 20.7 Å². The molecule has 0 unspecified atom stereocenters. The molecule has 0 radical (unpaired) electrons. The Labute approximate surface area is 175 Å². The quantitative estimate of drug-likeness (QED) is 0.382. The molecule has 0 amide bonds. The van der Waals surface area contributed by atoms with Crippen LogP contribution in [0.25, 0.3) is 0 Å². The van der Waals surface area contributed by atoms with Gasteiger partial charge in [0.05, 0.1) is 25.6 Å². The van der Waals surface area contributed by atoms with Gasteiger partial charge < -0.3 is 14.3 Å². The van der Waals surface area contributed by atoms with E-state index in [-0.39, 0.29) is 22.4 Å². The summed E-state index contributed by atoms with van der Waals surface area (Å²) in [5, 5.41) is 21.3. The predicted molar refractivity (Wildman–Crippen MR) is 114 cm³/mol. The summed E-state index contributed by atoms with van der Waals surface area (Å²) in [7, 11) is 3.79. The van der Waals surface area contributed by atoms with E-state index in [0.29, 0.717) is 5.75 Å². The van der Waals surface area contributed by atoms with Crippen molar-refractivity contribution in [3.05, 3.63) is 99.1 Å². The second-order valence-corrected chi connectivity index (χ2v) is 8.07. The fourth-order valence-electron chi connectivity index (χ4n) is 4.59. The van der Waals surface area contributed by atoms with E-state index >= 15 is 0 Å². The first-order valence-corrected chi connectivity index (χ1v) is 9.93. The molecule has 30 heavy (non-hydrogen) atoms. The number of non-ortho nitro benzene ring substituents is 1. The van der Waals surface area contributed by atoms with Gasteiger partial charge in [0.15, 0.2) is 11.5 Å². The van der Waals surface area contributed by atoms with Crippen molar-refractivity contribution in [1.82, 2.24) is 0 Å². The molecule has 0 bridgehead atoms. The van der Waals surface area contributed by atoms with E-state index in [1.54, 1.807) is 19.2 Å². The fraction of sp³-hybridized carbons (Fsp3) is 0.250. The van der Waals surface area contributed by atoms with Crippen molar-refractivity contribution in [3.63, 3.8) is 0 Å². The summed E-state index contributed by atoms with van der Waals surface area (Å²) in [5.41, 5.74) is 4.62. The number of phenols is 1. The molecule has 1 N–H and O–H groups in total. The number of nitro groups is 1. The molecule has 0 saturated heterocycles. The van der Waals surface area contributed by atoms with Crippen LogP contribution in [0.4, 0.5) is 5.69 Å². The average Bonchev–Trinajstić information content (AvgIpc) is 2.74. The van der Waals surface area contributed by atoms with E-state index in [1.165, 1.54) is 5.56 Å². The maximum atomic E-state index is 11.0. The van der Waals surface area contributed by atoms with Crippen LogP contribution in [0.5, 0.6) is 11.5 Å². The Bertz CT molecular complexity index is 1070. The highest BCUT2D eigenvalue weighted by Gasteiger charge is 2.41. The fourth-order valence-corrected chi connectivity index (χ4v) is 4.59. The van der Waals surface area contributed by atoms with Crippen LogP contribution in [-0.4, -0.2) is 35.2 Å². The number of benzene rings is 3. The molecule has 154 valence electrons. The van der Waals surface area contributed by atoms with Gasteiger partial charge in [0, 0.05) is 35.2 Å². The summed E-state index contributed by atoms with van der Waals surface area (Å²) in [4.78, 5) is 10.6. The molecular weight excluding hydrogens is 380 g/mol. The summed E-state index contributed by atoms with van der Waals surface area (Å²) >= 11 is 0. The van der Waals surface area contributed by atoms with E-state index in [1.807, 2.05) is 42.5 Å². The number of phenolic OH excluding ortho intramolecular Hbond substituents is 1. The van der Waals surface area contributed by atoms with E-state index in [2.05, 4.69) is 19.2 Å². The van der Waals surface area contributed by atoms with Crippen LogP contribution in [0.15, 0.2) is 66.7 Å². The normalized spacial score (nSPS) is 20.4. The van der Waals surface area contributed by atoms with Crippen molar-refractivity contribution >= 4 is 5.69 Å². The number of hydrogen-bond acceptors (Lipinski definition) is 4. The lowest BCUT2D eigenvalue weighted by Gasteiger charge is -2.46. The Morgan fingerprint density at radius 1 is 1.13 bits per heavy atom. The molecule has 0 saturated carbocycles. The highest BCUT2D eigenvalue weighted by molar-refractivity contribution is 5.50. The van der Waals surface area contributed by atoms with Gasteiger partial charge in [-0.15, -0.1) is 0 Å². The molecule has 0 fully saturated rings. The molecule has 0 spiro atoms. The van der Waals surface area contributed by atoms with Gasteiger partial charge in [0.2, 0.25) is 0 Å². The van der Waals surface area contributed by atoms with Gasteiger partial charge in [-0.1, -0.05) is 30.3 Å². The summed E-state index contributed by atoms with van der Waals surface area (Å²) < 4.78 is 6.12. The molecule has 6 heteroatoms. The first-order valence-electron chi connectivity index (χ1n) is 9.93. The van der Waals surface area contributed by atoms with Gasteiger partial charge >= 0.3 is 0 Å². The van der Waals surface area contributed by atoms with Crippen LogP contribution >= 0.6 is 0 Å². The molecule has 4 rings (SSSR count). The largest absolute Gasteiger partial charge is 0.504 e.